The maximum Gasteiger partial charge on any atom is 0.251 e. The van der Waals surface area contributed by atoms with Crippen LogP contribution in [0.25, 0.3) is 0 Å². The summed E-state index contributed by atoms with van der Waals surface area (Å²) in [5, 5.41) is 2.87. The smallest absolute Gasteiger partial charge is 0.251 e. The van der Waals surface area contributed by atoms with E-state index in [0.29, 0.717) is 11.3 Å². The molecule has 5 nitrogen and oxygen atoms in total. The lowest BCUT2D eigenvalue weighted by atomic mass is 10.1. The van der Waals surface area contributed by atoms with Gasteiger partial charge in [0.25, 0.3) is 5.91 Å². The second kappa shape index (κ2) is 9.09. The molecule has 0 spiro atoms. The lowest BCUT2D eigenvalue weighted by Gasteiger charge is -2.22. The molecular weight excluding hydrogens is 403 g/mol. The molecule has 1 N–H and O–H groups in total. The Balaban J connectivity index is 1.70. The number of halogens is 1. The van der Waals surface area contributed by atoms with Crippen molar-refractivity contribution in [2.45, 2.75) is 19.5 Å². The molecule has 0 bridgehead atoms. The summed E-state index contributed by atoms with van der Waals surface area (Å²) in [6.45, 7) is 1.99. The second-order valence-electron chi connectivity index (χ2n) is 7.05. The monoisotopic (exact) mass is 426 g/mol. The highest BCUT2D eigenvalue weighted by atomic mass is 32.2. The van der Waals surface area contributed by atoms with E-state index in [9.17, 15) is 17.6 Å². The molecule has 3 rings (SSSR count). The summed E-state index contributed by atoms with van der Waals surface area (Å²) in [7, 11) is -3.46. The van der Waals surface area contributed by atoms with Crippen molar-refractivity contribution in [2.24, 2.45) is 0 Å². The molecule has 7 heteroatoms. The van der Waals surface area contributed by atoms with Crippen molar-refractivity contribution in [3.8, 4) is 0 Å². The second-order valence-corrected chi connectivity index (χ2v) is 8.96. The predicted molar refractivity (Wildman–Crippen MR) is 116 cm³/mol. The third-order valence-corrected chi connectivity index (χ3v) is 5.85. The number of para-hydroxylation sites is 1. The third-order valence-electron chi connectivity index (χ3n) is 4.70. The number of rotatable bonds is 7. The van der Waals surface area contributed by atoms with Gasteiger partial charge in [0, 0.05) is 5.56 Å². The Labute approximate surface area is 176 Å². The third kappa shape index (κ3) is 5.45. The van der Waals surface area contributed by atoms with E-state index >= 15 is 0 Å². The first-order valence-corrected chi connectivity index (χ1v) is 11.3. The fourth-order valence-corrected chi connectivity index (χ4v) is 3.92. The Morgan fingerprint density at radius 3 is 2.13 bits per heavy atom. The highest BCUT2D eigenvalue weighted by Crippen LogP contribution is 2.20. The first-order valence-electron chi connectivity index (χ1n) is 9.42. The minimum absolute atomic E-state index is 0.163. The summed E-state index contributed by atoms with van der Waals surface area (Å²) in [5.74, 6) is -0.590. The van der Waals surface area contributed by atoms with E-state index in [1.54, 1.807) is 60.7 Å². The van der Waals surface area contributed by atoms with Gasteiger partial charge < -0.3 is 5.32 Å². The number of carbonyl (C=O) groups is 1. The van der Waals surface area contributed by atoms with Crippen molar-refractivity contribution in [3.63, 3.8) is 0 Å². The van der Waals surface area contributed by atoms with E-state index in [-0.39, 0.29) is 24.3 Å². The van der Waals surface area contributed by atoms with Crippen LogP contribution >= 0.6 is 0 Å². The average Bonchev–Trinajstić information content (AvgIpc) is 2.72. The molecule has 3 aromatic carbocycles. The molecule has 0 aliphatic heterocycles. The summed E-state index contributed by atoms with van der Waals surface area (Å²) in [5.41, 5.74) is 2.59. The molecule has 156 valence electrons. The maximum atomic E-state index is 13.1. The van der Waals surface area contributed by atoms with Gasteiger partial charge in [0.2, 0.25) is 10.0 Å². The molecule has 0 unspecified atom stereocenters. The normalized spacial score (nSPS) is 12.2. The Morgan fingerprint density at radius 2 is 1.57 bits per heavy atom. The molecule has 3 aromatic rings. The van der Waals surface area contributed by atoms with Crippen molar-refractivity contribution in [1.29, 1.82) is 0 Å². The summed E-state index contributed by atoms with van der Waals surface area (Å²) >= 11 is 0. The van der Waals surface area contributed by atoms with Crippen LogP contribution in [0.1, 0.15) is 34.5 Å². The summed E-state index contributed by atoms with van der Waals surface area (Å²) in [6.07, 6.45) is 1.17. The van der Waals surface area contributed by atoms with Crippen LogP contribution in [0.15, 0.2) is 78.9 Å². The van der Waals surface area contributed by atoms with Gasteiger partial charge in [0.15, 0.2) is 0 Å². The van der Waals surface area contributed by atoms with Crippen LogP contribution in [-0.4, -0.2) is 20.6 Å². The molecule has 0 aromatic heterocycles. The Kier molecular flexibility index (Phi) is 6.52. The van der Waals surface area contributed by atoms with Crippen LogP contribution in [-0.2, 0) is 16.6 Å². The predicted octanol–water partition coefficient (Wildman–Crippen LogP) is 4.28. The lowest BCUT2D eigenvalue weighted by molar-refractivity contribution is 0.0940. The number of amides is 1. The van der Waals surface area contributed by atoms with Gasteiger partial charge >= 0.3 is 0 Å². The summed E-state index contributed by atoms with van der Waals surface area (Å²) < 4.78 is 38.8. The standard InChI is InChI=1S/C23H23FN2O3S/c1-17(19-12-14-21(24)15-13-19)25-23(27)20-10-8-18(9-11-20)16-26(30(2,28)29)22-6-4-3-5-7-22/h3-15,17H,16H2,1-2H3,(H,25,27)/t17-/m1/s1. The number of nitrogens with zero attached hydrogens (tertiary/aromatic N) is 1. The minimum atomic E-state index is -3.46. The highest BCUT2D eigenvalue weighted by Gasteiger charge is 2.18. The van der Waals surface area contributed by atoms with E-state index in [1.165, 1.54) is 22.7 Å². The lowest BCUT2D eigenvalue weighted by Crippen LogP contribution is -2.29. The molecule has 1 amide bonds. The zero-order chi connectivity index (χ0) is 21.7. The number of hydrogen-bond acceptors (Lipinski definition) is 3. The number of nitrogens with one attached hydrogen (secondary N) is 1. The van der Waals surface area contributed by atoms with Gasteiger partial charge in [-0.05, 0) is 54.4 Å². The molecule has 0 heterocycles. The average molecular weight is 427 g/mol. The molecule has 0 fully saturated rings. The van der Waals surface area contributed by atoms with E-state index < -0.39 is 10.0 Å². The maximum absolute atomic E-state index is 13.1. The van der Waals surface area contributed by atoms with Crippen LogP contribution in [0, 0.1) is 5.82 Å². The molecule has 30 heavy (non-hydrogen) atoms. The van der Waals surface area contributed by atoms with Gasteiger partial charge in [-0.2, -0.15) is 0 Å². The number of hydrogen-bond donors (Lipinski definition) is 1. The van der Waals surface area contributed by atoms with Gasteiger partial charge in [-0.15, -0.1) is 0 Å². The Hall–Kier alpha value is -3.19. The molecule has 0 saturated carbocycles. The van der Waals surface area contributed by atoms with E-state index in [0.717, 1.165) is 11.1 Å². The van der Waals surface area contributed by atoms with Crippen molar-refractivity contribution in [1.82, 2.24) is 5.32 Å². The van der Waals surface area contributed by atoms with Crippen molar-refractivity contribution >= 4 is 21.6 Å². The fourth-order valence-electron chi connectivity index (χ4n) is 3.04. The fraction of sp³-hybridized carbons (Fsp3) is 0.174. The van der Waals surface area contributed by atoms with E-state index in [1.807, 2.05) is 13.0 Å². The topological polar surface area (TPSA) is 66.5 Å². The zero-order valence-corrected chi connectivity index (χ0v) is 17.6. The first-order chi connectivity index (χ1) is 14.2. The van der Waals surface area contributed by atoms with Gasteiger partial charge in [-0.1, -0.05) is 42.5 Å². The number of benzene rings is 3. The molecular formula is C23H23FN2O3S. The first kappa shape index (κ1) is 21.5. The van der Waals surface area contributed by atoms with E-state index in [4.69, 9.17) is 0 Å². The largest absolute Gasteiger partial charge is 0.346 e. The molecule has 1 atom stereocenters. The van der Waals surface area contributed by atoms with Crippen LogP contribution < -0.4 is 9.62 Å². The van der Waals surface area contributed by atoms with Gasteiger partial charge in [-0.3, -0.25) is 9.10 Å². The van der Waals surface area contributed by atoms with Crippen molar-refractivity contribution in [3.05, 3.63) is 101 Å². The Morgan fingerprint density at radius 1 is 0.967 bits per heavy atom. The quantitative estimate of drug-likeness (QED) is 0.613. The Bertz CT molecular complexity index is 1100. The summed E-state index contributed by atoms with van der Waals surface area (Å²) in [4.78, 5) is 12.5. The number of sulfonamides is 1. The van der Waals surface area contributed by atoms with Gasteiger partial charge in [0.1, 0.15) is 5.82 Å². The van der Waals surface area contributed by atoms with Gasteiger partial charge in [0.05, 0.1) is 24.5 Å². The number of anilines is 1. The number of carbonyl (C=O) groups excluding carboxylic acids is 1. The van der Waals surface area contributed by atoms with Crippen molar-refractivity contribution < 1.29 is 17.6 Å². The van der Waals surface area contributed by atoms with Crippen LogP contribution in [0.3, 0.4) is 0 Å². The van der Waals surface area contributed by atoms with E-state index in [2.05, 4.69) is 5.32 Å². The minimum Gasteiger partial charge on any atom is -0.346 e. The molecule has 0 aliphatic carbocycles. The van der Waals surface area contributed by atoms with Gasteiger partial charge in [-0.25, -0.2) is 12.8 Å². The highest BCUT2D eigenvalue weighted by molar-refractivity contribution is 7.92. The zero-order valence-electron chi connectivity index (χ0n) is 16.7. The van der Waals surface area contributed by atoms with Crippen LogP contribution in [0.2, 0.25) is 0 Å². The summed E-state index contributed by atoms with van der Waals surface area (Å²) in [6, 6.07) is 21.3. The molecule has 0 saturated heterocycles. The SMILES string of the molecule is C[C@@H](NC(=O)c1ccc(CN(c2ccccc2)S(C)(=O)=O)cc1)c1ccc(F)cc1. The van der Waals surface area contributed by atoms with Crippen LogP contribution in [0.4, 0.5) is 10.1 Å². The van der Waals surface area contributed by atoms with Crippen LogP contribution in [0.5, 0.6) is 0 Å². The van der Waals surface area contributed by atoms with Crippen molar-refractivity contribution in [2.75, 3.05) is 10.6 Å². The molecule has 0 radical (unpaired) electrons. The molecule has 0 aliphatic rings.